The van der Waals surface area contributed by atoms with Gasteiger partial charge in [-0.3, -0.25) is 14.2 Å². The quantitative estimate of drug-likeness (QED) is 0.564. The molecule has 2 unspecified atom stereocenters. The van der Waals surface area contributed by atoms with Gasteiger partial charge in [0.1, 0.15) is 0 Å². The molecule has 0 aliphatic heterocycles. The zero-order chi connectivity index (χ0) is 12.8. The van der Waals surface area contributed by atoms with Crippen molar-refractivity contribution in [2.75, 3.05) is 6.61 Å². The van der Waals surface area contributed by atoms with Gasteiger partial charge in [0.05, 0.1) is 6.61 Å². The highest BCUT2D eigenvalue weighted by molar-refractivity contribution is 7.55. The van der Waals surface area contributed by atoms with E-state index in [0.29, 0.717) is 0 Å². The molecule has 0 bridgehead atoms. The Morgan fingerprint density at radius 1 is 1.56 bits per heavy atom. The van der Waals surface area contributed by atoms with Gasteiger partial charge in [-0.05, 0) is 16.6 Å². The van der Waals surface area contributed by atoms with E-state index in [1.54, 1.807) is 6.92 Å². The van der Waals surface area contributed by atoms with E-state index in [9.17, 15) is 13.9 Å². The van der Waals surface area contributed by atoms with Crippen LogP contribution in [-0.4, -0.2) is 27.5 Å². The van der Waals surface area contributed by atoms with Crippen LogP contribution in [0.2, 0.25) is 0 Å². The molecule has 8 nitrogen and oxygen atoms in total. The van der Waals surface area contributed by atoms with Crippen LogP contribution in [0, 0.1) is 5.92 Å². The normalized spacial score (nSPS) is 17.6. The minimum atomic E-state index is -4.52. The summed E-state index contributed by atoms with van der Waals surface area (Å²) < 4.78 is 29.1. The van der Waals surface area contributed by atoms with Gasteiger partial charge in [-0.1, -0.05) is 6.92 Å². The molecule has 3 atom stereocenters. The Morgan fingerprint density at radius 2 is 2.12 bits per heavy atom. The van der Waals surface area contributed by atoms with Crippen LogP contribution in [0.1, 0.15) is 19.8 Å². The maximum absolute atomic E-state index is 10.9. The lowest BCUT2D eigenvalue weighted by molar-refractivity contribution is -0.138. The van der Waals surface area contributed by atoms with E-state index in [1.807, 2.05) is 0 Å². The predicted octanol–water partition coefficient (Wildman–Crippen LogP) is 1.27. The summed E-state index contributed by atoms with van der Waals surface area (Å²) in [6, 6.07) is 0. The van der Waals surface area contributed by atoms with Gasteiger partial charge in [0.25, 0.3) is 0 Å². The molecule has 16 heavy (non-hydrogen) atoms. The highest BCUT2D eigenvalue weighted by Gasteiger charge is 2.34. The Morgan fingerprint density at radius 3 is 2.56 bits per heavy atom. The summed E-state index contributed by atoms with van der Waals surface area (Å²) in [6.07, 6.45) is 0.136. The van der Waals surface area contributed by atoms with Crippen molar-refractivity contribution in [2.45, 2.75) is 19.8 Å². The summed E-state index contributed by atoms with van der Waals surface area (Å²) in [5, 5.41) is 8.42. The highest BCUT2D eigenvalue weighted by Crippen LogP contribution is 2.50. The van der Waals surface area contributed by atoms with Crippen LogP contribution in [0.4, 0.5) is 0 Å². The molecular weight excluding hydrogens is 262 g/mol. The van der Waals surface area contributed by atoms with E-state index in [2.05, 4.69) is 8.83 Å². The highest BCUT2D eigenvalue weighted by atomic mass is 31.2. The number of hydrogen-bond acceptors (Lipinski definition) is 5. The molecule has 0 rings (SSSR count). The lowest BCUT2D eigenvalue weighted by Gasteiger charge is -2.09. The van der Waals surface area contributed by atoms with Gasteiger partial charge in [-0.2, -0.15) is 0 Å². The first-order chi connectivity index (χ1) is 7.23. The lowest BCUT2D eigenvalue weighted by atomic mass is 10.1. The average Bonchev–Trinajstić information content (AvgIpc) is 1.98. The molecular formula is C6H13O8P2+. The van der Waals surface area contributed by atoms with Crippen molar-refractivity contribution in [3.8, 4) is 0 Å². The molecule has 0 fully saturated rings. The van der Waals surface area contributed by atoms with Crippen molar-refractivity contribution >= 4 is 22.0 Å². The van der Waals surface area contributed by atoms with Gasteiger partial charge in [0.2, 0.25) is 0 Å². The molecule has 0 saturated carbocycles. The summed E-state index contributed by atoms with van der Waals surface area (Å²) in [5.74, 6) is -1.21. The number of phosphoric ester groups is 1. The van der Waals surface area contributed by atoms with Crippen LogP contribution < -0.4 is 0 Å². The second-order valence-corrected chi connectivity index (χ2v) is 5.44. The van der Waals surface area contributed by atoms with Gasteiger partial charge >= 0.3 is 22.0 Å². The fourth-order valence-electron chi connectivity index (χ4n) is 0.881. The number of aliphatic carboxylic acids is 1. The van der Waals surface area contributed by atoms with E-state index in [1.165, 1.54) is 0 Å². The van der Waals surface area contributed by atoms with Gasteiger partial charge < -0.3 is 5.11 Å². The van der Waals surface area contributed by atoms with Gasteiger partial charge in [-0.15, -0.1) is 4.89 Å². The van der Waals surface area contributed by atoms with E-state index < -0.39 is 22.0 Å². The zero-order valence-corrected chi connectivity index (χ0v) is 10.3. The molecule has 0 heterocycles. The standard InChI is InChI=1S/C6H12O8P2/c1-5(4-6(7)8)2-3-13-16(11,12)14-15(9)10/h5H,2-4H2,1H3,(H2-,7,8,9,10,11,12)/p+1/t5-/m0/s1. The Labute approximate surface area is 92.8 Å². The van der Waals surface area contributed by atoms with E-state index in [0.717, 1.165) is 0 Å². The number of phosphoric acid groups is 1. The summed E-state index contributed by atoms with van der Waals surface area (Å²) in [4.78, 5) is 27.3. The lowest BCUT2D eigenvalue weighted by Crippen LogP contribution is -2.07. The minimum absolute atomic E-state index is 0.0891. The minimum Gasteiger partial charge on any atom is -0.481 e. The Kier molecular flexibility index (Phi) is 6.90. The van der Waals surface area contributed by atoms with Crippen molar-refractivity contribution in [3.63, 3.8) is 0 Å². The van der Waals surface area contributed by atoms with Crippen LogP contribution in [0.15, 0.2) is 0 Å². The predicted molar refractivity (Wildman–Crippen MR) is 52.7 cm³/mol. The van der Waals surface area contributed by atoms with E-state index in [4.69, 9.17) is 14.9 Å². The topological polar surface area (TPSA) is 130 Å². The first-order valence-corrected chi connectivity index (χ1v) is 6.90. The molecule has 0 aromatic carbocycles. The molecule has 0 aliphatic rings. The summed E-state index contributed by atoms with van der Waals surface area (Å²) in [5.41, 5.74) is 0. The third kappa shape index (κ3) is 8.91. The first kappa shape index (κ1) is 15.6. The SMILES string of the molecule is C[C@@H](CCOP(=O)(O)O[P+](=O)O)CC(=O)O. The molecule has 0 aromatic heterocycles. The van der Waals surface area contributed by atoms with Crippen LogP contribution in [0.5, 0.6) is 0 Å². The molecule has 0 aromatic rings. The van der Waals surface area contributed by atoms with Crippen molar-refractivity contribution < 1.29 is 37.7 Å². The fraction of sp³-hybridized carbons (Fsp3) is 0.833. The monoisotopic (exact) mass is 275 g/mol. The number of carbonyl (C=O) groups is 1. The van der Waals surface area contributed by atoms with Crippen molar-refractivity contribution in [1.29, 1.82) is 0 Å². The Bertz CT molecular complexity index is 303. The molecule has 0 spiro atoms. The zero-order valence-electron chi connectivity index (χ0n) is 8.48. The van der Waals surface area contributed by atoms with E-state index in [-0.39, 0.29) is 25.4 Å². The number of hydrogen-bond donors (Lipinski definition) is 3. The smallest absolute Gasteiger partial charge is 0.481 e. The van der Waals surface area contributed by atoms with Crippen LogP contribution in [-0.2, 0) is 22.8 Å². The van der Waals surface area contributed by atoms with Gasteiger partial charge in [0.15, 0.2) is 0 Å². The third-order valence-corrected chi connectivity index (χ3v) is 3.45. The summed E-state index contributed by atoms with van der Waals surface area (Å²) >= 11 is 0. The van der Waals surface area contributed by atoms with Gasteiger partial charge in [-0.25, -0.2) is 4.57 Å². The number of carboxylic acids is 1. The largest absolute Gasteiger partial charge is 0.705 e. The molecule has 94 valence electrons. The van der Waals surface area contributed by atoms with Crippen molar-refractivity contribution in [2.24, 2.45) is 5.92 Å². The number of carboxylic acid groups (broad SMARTS) is 1. The second kappa shape index (κ2) is 7.06. The fourth-order valence-corrected chi connectivity index (χ4v) is 2.11. The summed E-state index contributed by atoms with van der Waals surface area (Å²) in [7, 11) is -7.74. The van der Waals surface area contributed by atoms with Crippen LogP contribution in [0.3, 0.4) is 0 Å². The third-order valence-electron chi connectivity index (χ3n) is 1.56. The maximum atomic E-state index is 10.9. The second-order valence-electron chi connectivity index (χ2n) is 3.11. The molecule has 3 N–H and O–H groups in total. The van der Waals surface area contributed by atoms with Crippen molar-refractivity contribution in [3.05, 3.63) is 0 Å². The molecule has 0 saturated heterocycles. The van der Waals surface area contributed by atoms with Gasteiger partial charge in [0, 0.05) is 11.0 Å². The first-order valence-electron chi connectivity index (χ1n) is 4.28. The Hall–Kier alpha value is -0.360. The van der Waals surface area contributed by atoms with Crippen LogP contribution in [0.25, 0.3) is 0 Å². The molecule has 0 aliphatic carbocycles. The molecule has 0 amide bonds. The maximum Gasteiger partial charge on any atom is 0.705 e. The molecule has 0 radical (unpaired) electrons. The summed E-state index contributed by atoms with van der Waals surface area (Å²) in [6.45, 7) is 1.40. The Balaban J connectivity index is 3.84. The van der Waals surface area contributed by atoms with Crippen LogP contribution >= 0.6 is 16.1 Å². The number of rotatable bonds is 8. The van der Waals surface area contributed by atoms with E-state index >= 15 is 0 Å². The average molecular weight is 275 g/mol. The molecule has 10 heteroatoms. The van der Waals surface area contributed by atoms with Crippen molar-refractivity contribution in [1.82, 2.24) is 0 Å².